The van der Waals surface area contributed by atoms with E-state index in [0.29, 0.717) is 11.3 Å². The van der Waals surface area contributed by atoms with Crippen molar-refractivity contribution < 1.29 is 22.7 Å². The van der Waals surface area contributed by atoms with Crippen LogP contribution in [0.1, 0.15) is 11.1 Å². The van der Waals surface area contributed by atoms with Crippen molar-refractivity contribution in [3.8, 4) is 17.0 Å². The van der Waals surface area contributed by atoms with Crippen LogP contribution in [0.15, 0.2) is 65.7 Å². The van der Waals surface area contributed by atoms with E-state index in [4.69, 9.17) is 4.74 Å². The fourth-order valence-corrected chi connectivity index (χ4v) is 2.73. The largest absolute Gasteiger partial charge is 0.497 e. The van der Waals surface area contributed by atoms with Gasteiger partial charge in [-0.2, -0.15) is 13.2 Å². The molecule has 0 fully saturated rings. The van der Waals surface area contributed by atoms with Gasteiger partial charge in [-0.15, -0.1) is 0 Å². The highest BCUT2D eigenvalue weighted by molar-refractivity contribution is 5.75. The van der Waals surface area contributed by atoms with Gasteiger partial charge in [-0.05, 0) is 29.8 Å². The Labute approximate surface area is 170 Å². The van der Waals surface area contributed by atoms with Crippen molar-refractivity contribution in [1.82, 2.24) is 14.9 Å². The molecule has 30 heavy (non-hydrogen) atoms. The Bertz CT molecular complexity index is 1090. The molecule has 3 aromatic rings. The van der Waals surface area contributed by atoms with E-state index in [9.17, 15) is 22.8 Å². The standard InChI is InChI=1S/C21H18F3N3O3/c1-30-17-4-2-3-14(9-17)11-25-19(28)12-27-13-26-18(10-20(27)29)15-5-7-16(8-6-15)21(22,23)24/h2-10,13H,11-12H2,1H3,(H,25,28). The fourth-order valence-electron chi connectivity index (χ4n) is 2.73. The lowest BCUT2D eigenvalue weighted by Crippen LogP contribution is -2.31. The Balaban J connectivity index is 1.65. The first-order valence-corrected chi connectivity index (χ1v) is 8.90. The maximum absolute atomic E-state index is 12.7. The van der Waals surface area contributed by atoms with Gasteiger partial charge in [0.05, 0.1) is 24.7 Å². The third kappa shape index (κ3) is 5.25. The van der Waals surface area contributed by atoms with E-state index in [2.05, 4.69) is 10.3 Å². The molecular formula is C21H18F3N3O3. The Kier molecular flexibility index (Phi) is 6.20. The van der Waals surface area contributed by atoms with Crippen LogP contribution >= 0.6 is 0 Å². The van der Waals surface area contributed by atoms with Gasteiger partial charge in [-0.1, -0.05) is 24.3 Å². The molecule has 0 unspecified atom stereocenters. The number of amides is 1. The van der Waals surface area contributed by atoms with Gasteiger partial charge >= 0.3 is 6.18 Å². The van der Waals surface area contributed by atoms with Gasteiger partial charge < -0.3 is 10.1 Å². The average Bonchev–Trinajstić information content (AvgIpc) is 2.73. The van der Waals surface area contributed by atoms with E-state index >= 15 is 0 Å². The first-order chi connectivity index (χ1) is 14.3. The van der Waals surface area contributed by atoms with Crippen LogP contribution in [0.25, 0.3) is 11.3 Å². The molecule has 0 saturated carbocycles. The van der Waals surface area contributed by atoms with Crippen LogP contribution in [0.4, 0.5) is 13.2 Å². The van der Waals surface area contributed by atoms with E-state index in [0.717, 1.165) is 22.3 Å². The van der Waals surface area contributed by atoms with Crippen LogP contribution in [0.5, 0.6) is 5.75 Å². The van der Waals surface area contributed by atoms with E-state index in [1.54, 1.807) is 25.3 Å². The molecule has 6 nitrogen and oxygen atoms in total. The van der Waals surface area contributed by atoms with Crippen molar-refractivity contribution in [3.63, 3.8) is 0 Å². The van der Waals surface area contributed by atoms with E-state index in [1.165, 1.54) is 24.5 Å². The quantitative estimate of drug-likeness (QED) is 0.668. The van der Waals surface area contributed by atoms with Gasteiger partial charge in [-0.3, -0.25) is 14.2 Å². The summed E-state index contributed by atoms with van der Waals surface area (Å²) in [5.74, 6) is 0.282. The highest BCUT2D eigenvalue weighted by Gasteiger charge is 2.30. The van der Waals surface area contributed by atoms with Crippen LogP contribution in [-0.2, 0) is 24.1 Å². The summed E-state index contributed by atoms with van der Waals surface area (Å²) in [6.45, 7) is 0.0327. The SMILES string of the molecule is COc1cccc(CNC(=O)Cn2cnc(-c3ccc(C(F)(F)F)cc3)cc2=O)c1. The summed E-state index contributed by atoms with van der Waals surface area (Å²) in [6, 6.07) is 12.7. The Morgan fingerprint density at radius 1 is 1.13 bits per heavy atom. The molecule has 0 aliphatic rings. The normalized spacial score (nSPS) is 11.2. The number of nitrogens with one attached hydrogen (secondary N) is 1. The lowest BCUT2D eigenvalue weighted by Gasteiger charge is -2.10. The first-order valence-electron chi connectivity index (χ1n) is 8.90. The summed E-state index contributed by atoms with van der Waals surface area (Å²) in [7, 11) is 1.55. The Morgan fingerprint density at radius 3 is 2.50 bits per heavy atom. The second kappa shape index (κ2) is 8.81. The minimum Gasteiger partial charge on any atom is -0.497 e. The first kappa shape index (κ1) is 21.1. The van der Waals surface area contributed by atoms with Gasteiger partial charge in [0.15, 0.2) is 0 Å². The lowest BCUT2D eigenvalue weighted by atomic mass is 10.1. The van der Waals surface area contributed by atoms with Crippen molar-refractivity contribution in [1.29, 1.82) is 0 Å². The van der Waals surface area contributed by atoms with E-state index in [-0.39, 0.29) is 24.7 Å². The Morgan fingerprint density at radius 2 is 1.87 bits per heavy atom. The van der Waals surface area contributed by atoms with Crippen molar-refractivity contribution >= 4 is 5.91 Å². The summed E-state index contributed by atoms with van der Waals surface area (Å²) in [5.41, 5.74) is 0.158. The zero-order valence-corrected chi connectivity index (χ0v) is 15.9. The van der Waals surface area contributed by atoms with E-state index < -0.39 is 17.3 Å². The smallest absolute Gasteiger partial charge is 0.416 e. The zero-order chi connectivity index (χ0) is 21.7. The topological polar surface area (TPSA) is 73.2 Å². The number of methoxy groups -OCH3 is 1. The number of benzene rings is 2. The molecule has 1 N–H and O–H groups in total. The van der Waals surface area contributed by atoms with Gasteiger partial charge in [0.25, 0.3) is 5.56 Å². The number of nitrogens with zero attached hydrogens (tertiary/aromatic N) is 2. The molecule has 2 aromatic carbocycles. The monoisotopic (exact) mass is 417 g/mol. The number of aromatic nitrogens is 2. The molecule has 156 valence electrons. The fraction of sp³-hybridized carbons (Fsp3) is 0.190. The molecule has 0 atom stereocenters. The third-order valence-electron chi connectivity index (χ3n) is 4.33. The minimum atomic E-state index is -4.44. The highest BCUT2D eigenvalue weighted by Crippen LogP contribution is 2.30. The van der Waals surface area contributed by atoms with Gasteiger partial charge in [0.2, 0.25) is 5.91 Å². The van der Waals surface area contributed by atoms with Crippen molar-refractivity contribution in [2.75, 3.05) is 7.11 Å². The molecule has 0 radical (unpaired) electrons. The zero-order valence-electron chi connectivity index (χ0n) is 15.9. The molecule has 1 amide bonds. The number of hydrogen-bond donors (Lipinski definition) is 1. The van der Waals surface area contributed by atoms with Crippen molar-refractivity contribution in [2.45, 2.75) is 19.3 Å². The lowest BCUT2D eigenvalue weighted by molar-refractivity contribution is -0.137. The van der Waals surface area contributed by atoms with E-state index in [1.807, 2.05) is 6.07 Å². The molecule has 0 bridgehead atoms. The molecule has 0 aliphatic heterocycles. The second-order valence-electron chi connectivity index (χ2n) is 6.44. The summed E-state index contributed by atoms with van der Waals surface area (Å²) in [5, 5.41) is 2.70. The van der Waals surface area contributed by atoms with Crippen molar-refractivity contribution in [2.24, 2.45) is 0 Å². The summed E-state index contributed by atoms with van der Waals surface area (Å²) < 4.78 is 44.2. The number of carbonyl (C=O) groups excluding carboxylic acids is 1. The summed E-state index contributed by atoms with van der Waals surface area (Å²) >= 11 is 0. The molecule has 9 heteroatoms. The van der Waals surface area contributed by atoms with Gasteiger partial charge in [0.1, 0.15) is 12.3 Å². The number of hydrogen-bond acceptors (Lipinski definition) is 4. The molecule has 1 heterocycles. The maximum Gasteiger partial charge on any atom is 0.416 e. The highest BCUT2D eigenvalue weighted by atomic mass is 19.4. The van der Waals surface area contributed by atoms with Crippen LogP contribution in [0.3, 0.4) is 0 Å². The summed E-state index contributed by atoms with van der Waals surface area (Å²) in [4.78, 5) is 28.5. The summed E-state index contributed by atoms with van der Waals surface area (Å²) in [6.07, 6.45) is -3.24. The molecule has 0 aliphatic carbocycles. The van der Waals surface area contributed by atoms with Gasteiger partial charge in [0, 0.05) is 18.2 Å². The molecule has 3 rings (SSSR count). The van der Waals surface area contributed by atoms with Crippen LogP contribution in [0.2, 0.25) is 0 Å². The predicted molar refractivity (Wildman–Crippen MR) is 104 cm³/mol. The minimum absolute atomic E-state index is 0.224. The molecule has 1 aromatic heterocycles. The van der Waals surface area contributed by atoms with Gasteiger partial charge in [-0.25, -0.2) is 4.98 Å². The molecule has 0 saturated heterocycles. The number of ether oxygens (including phenoxy) is 1. The third-order valence-corrected chi connectivity index (χ3v) is 4.33. The van der Waals surface area contributed by atoms with Crippen LogP contribution < -0.4 is 15.6 Å². The molecular weight excluding hydrogens is 399 g/mol. The van der Waals surface area contributed by atoms with Crippen molar-refractivity contribution in [3.05, 3.63) is 82.4 Å². The Hall–Kier alpha value is -3.62. The van der Waals surface area contributed by atoms with Crippen LogP contribution in [-0.4, -0.2) is 22.6 Å². The average molecular weight is 417 g/mol. The van der Waals surface area contributed by atoms with Crippen LogP contribution in [0, 0.1) is 0 Å². The number of rotatable bonds is 6. The predicted octanol–water partition coefficient (Wildman–Crippen LogP) is 3.25. The number of carbonyl (C=O) groups is 1. The number of alkyl halides is 3. The maximum atomic E-state index is 12.7. The molecule has 0 spiro atoms. The number of halogens is 3. The second-order valence-corrected chi connectivity index (χ2v) is 6.44.